The van der Waals surface area contributed by atoms with Crippen molar-refractivity contribution < 1.29 is 18.4 Å². The summed E-state index contributed by atoms with van der Waals surface area (Å²) in [7, 11) is 0. The summed E-state index contributed by atoms with van der Waals surface area (Å²) in [5, 5.41) is 4.81. The third-order valence-electron chi connectivity index (χ3n) is 5.43. The van der Waals surface area contributed by atoms with E-state index < -0.39 is 23.6 Å². The highest BCUT2D eigenvalue weighted by molar-refractivity contribution is 7.12. The van der Waals surface area contributed by atoms with E-state index in [1.165, 1.54) is 58.7 Å². The fraction of sp³-hybridized carbons (Fsp3) is 0.250. The van der Waals surface area contributed by atoms with Gasteiger partial charge in [0.15, 0.2) is 0 Å². The molecule has 0 saturated heterocycles. The predicted molar refractivity (Wildman–Crippen MR) is 117 cm³/mol. The maximum Gasteiger partial charge on any atom is 0.269 e. The quantitative estimate of drug-likeness (QED) is 0.552. The minimum absolute atomic E-state index is 0.0293. The summed E-state index contributed by atoms with van der Waals surface area (Å²) in [6.07, 6.45) is 3.82. The van der Waals surface area contributed by atoms with E-state index >= 15 is 0 Å². The molecule has 1 heterocycles. The van der Waals surface area contributed by atoms with E-state index in [2.05, 4.69) is 5.32 Å². The topological polar surface area (TPSA) is 49.4 Å². The van der Waals surface area contributed by atoms with Gasteiger partial charge in [-0.1, -0.05) is 37.1 Å². The van der Waals surface area contributed by atoms with Crippen molar-refractivity contribution in [2.75, 3.05) is 4.90 Å². The Morgan fingerprint density at radius 2 is 1.71 bits per heavy atom. The Morgan fingerprint density at radius 1 is 0.968 bits per heavy atom. The zero-order valence-corrected chi connectivity index (χ0v) is 17.6. The van der Waals surface area contributed by atoms with Crippen molar-refractivity contribution in [2.45, 2.75) is 37.8 Å². The lowest BCUT2D eigenvalue weighted by molar-refractivity contribution is -0.123. The van der Waals surface area contributed by atoms with E-state index in [1.54, 1.807) is 23.6 Å². The molecule has 0 unspecified atom stereocenters. The summed E-state index contributed by atoms with van der Waals surface area (Å²) in [5.41, 5.74) is 0.709. The maximum absolute atomic E-state index is 14.1. The SMILES string of the molecule is O=C(NC1CCCC1)[C@H](c1ccc(F)cc1)N(C(=O)c1cccs1)c1cccc(F)c1. The summed E-state index contributed by atoms with van der Waals surface area (Å²) < 4.78 is 27.7. The number of anilines is 1. The molecule has 0 aliphatic heterocycles. The molecule has 1 aromatic heterocycles. The van der Waals surface area contributed by atoms with Crippen molar-refractivity contribution in [1.82, 2.24) is 5.32 Å². The van der Waals surface area contributed by atoms with Crippen LogP contribution in [0.1, 0.15) is 47.0 Å². The van der Waals surface area contributed by atoms with Crippen molar-refractivity contribution in [3.63, 3.8) is 0 Å². The minimum atomic E-state index is -1.07. The van der Waals surface area contributed by atoms with Gasteiger partial charge in [0.25, 0.3) is 5.91 Å². The lowest BCUT2D eigenvalue weighted by Crippen LogP contribution is -2.46. The van der Waals surface area contributed by atoms with Crippen molar-refractivity contribution in [3.05, 3.63) is 88.1 Å². The first kappa shape index (κ1) is 21.2. The van der Waals surface area contributed by atoms with E-state index in [0.29, 0.717) is 10.4 Å². The molecular formula is C24H22F2N2O2S. The standard InChI is InChI=1S/C24H22F2N2O2S/c25-17-12-10-16(11-13-17)22(23(29)27-19-6-1-2-7-19)28(20-8-3-5-18(26)15-20)24(30)21-9-4-14-31-21/h3-5,8-15,19,22H,1-2,6-7H2,(H,27,29)/t22-/m0/s1. The number of benzene rings is 2. The fourth-order valence-electron chi connectivity index (χ4n) is 3.94. The number of amides is 2. The number of carbonyl (C=O) groups is 2. The lowest BCUT2D eigenvalue weighted by atomic mass is 10.0. The van der Waals surface area contributed by atoms with E-state index in [1.807, 2.05) is 0 Å². The Hall–Kier alpha value is -3.06. The summed E-state index contributed by atoms with van der Waals surface area (Å²) in [6.45, 7) is 0. The molecule has 31 heavy (non-hydrogen) atoms. The Bertz CT molecular complexity index is 1050. The van der Waals surface area contributed by atoms with Crippen molar-refractivity contribution in [1.29, 1.82) is 0 Å². The number of thiophene rings is 1. The first-order valence-corrected chi connectivity index (χ1v) is 11.1. The van der Waals surface area contributed by atoms with Crippen LogP contribution in [0.25, 0.3) is 0 Å². The second-order valence-electron chi connectivity index (χ2n) is 7.58. The third-order valence-corrected chi connectivity index (χ3v) is 6.29. The number of rotatable bonds is 6. The van der Waals surface area contributed by atoms with Gasteiger partial charge >= 0.3 is 0 Å². The van der Waals surface area contributed by atoms with Crippen LogP contribution in [0.15, 0.2) is 66.0 Å². The van der Waals surface area contributed by atoms with Crippen LogP contribution < -0.4 is 10.2 Å². The first-order chi connectivity index (χ1) is 15.0. The molecule has 2 aromatic carbocycles. The molecule has 1 fully saturated rings. The molecule has 1 aliphatic carbocycles. The number of carbonyl (C=O) groups excluding carboxylic acids is 2. The van der Waals surface area contributed by atoms with E-state index in [9.17, 15) is 18.4 Å². The van der Waals surface area contributed by atoms with E-state index in [4.69, 9.17) is 0 Å². The molecule has 0 radical (unpaired) electrons. The molecule has 2 amide bonds. The van der Waals surface area contributed by atoms with Crippen LogP contribution in [0, 0.1) is 11.6 Å². The highest BCUT2D eigenvalue weighted by Gasteiger charge is 2.35. The van der Waals surface area contributed by atoms with Gasteiger partial charge in [-0.05, 0) is 60.2 Å². The van der Waals surface area contributed by atoms with E-state index in [0.717, 1.165) is 25.7 Å². The minimum Gasteiger partial charge on any atom is -0.351 e. The number of hydrogen-bond donors (Lipinski definition) is 1. The molecule has 4 rings (SSSR count). The van der Waals surface area contributed by atoms with Gasteiger partial charge in [0.05, 0.1) is 4.88 Å². The molecule has 0 spiro atoms. The highest BCUT2D eigenvalue weighted by Crippen LogP contribution is 2.32. The Morgan fingerprint density at radius 3 is 2.35 bits per heavy atom. The largest absolute Gasteiger partial charge is 0.351 e. The second-order valence-corrected chi connectivity index (χ2v) is 8.52. The zero-order chi connectivity index (χ0) is 21.8. The maximum atomic E-state index is 14.1. The number of nitrogens with one attached hydrogen (secondary N) is 1. The highest BCUT2D eigenvalue weighted by atomic mass is 32.1. The molecule has 0 bridgehead atoms. The molecule has 1 atom stereocenters. The molecule has 1 aliphatic rings. The lowest BCUT2D eigenvalue weighted by Gasteiger charge is -2.32. The van der Waals surface area contributed by atoms with Crippen LogP contribution in [0.3, 0.4) is 0 Å². The molecule has 1 saturated carbocycles. The molecule has 7 heteroatoms. The first-order valence-electron chi connectivity index (χ1n) is 10.2. The van der Waals surface area contributed by atoms with Gasteiger partial charge in [-0.3, -0.25) is 14.5 Å². The summed E-state index contributed by atoms with van der Waals surface area (Å²) >= 11 is 1.24. The molecule has 3 aromatic rings. The van der Waals surface area contributed by atoms with Crippen molar-refractivity contribution in [3.8, 4) is 0 Å². The number of hydrogen-bond acceptors (Lipinski definition) is 3. The summed E-state index contributed by atoms with van der Waals surface area (Å²) in [4.78, 5) is 28.7. The van der Waals surface area contributed by atoms with Crippen LogP contribution in [0.5, 0.6) is 0 Å². The van der Waals surface area contributed by atoms with Gasteiger partial charge in [0.2, 0.25) is 5.91 Å². The predicted octanol–water partition coefficient (Wildman–Crippen LogP) is 5.47. The van der Waals surface area contributed by atoms with Crippen LogP contribution in [-0.4, -0.2) is 17.9 Å². The smallest absolute Gasteiger partial charge is 0.269 e. The van der Waals surface area contributed by atoms with Gasteiger partial charge in [0, 0.05) is 11.7 Å². The number of halogens is 2. The average molecular weight is 441 g/mol. The third kappa shape index (κ3) is 4.82. The van der Waals surface area contributed by atoms with Gasteiger partial charge in [-0.2, -0.15) is 0 Å². The van der Waals surface area contributed by atoms with Crippen LogP contribution in [-0.2, 0) is 4.79 Å². The van der Waals surface area contributed by atoms with Gasteiger partial charge in [-0.25, -0.2) is 8.78 Å². The normalized spacial score (nSPS) is 14.9. The van der Waals surface area contributed by atoms with Crippen molar-refractivity contribution in [2.24, 2.45) is 0 Å². The van der Waals surface area contributed by atoms with Gasteiger partial charge in [0.1, 0.15) is 17.7 Å². The monoisotopic (exact) mass is 440 g/mol. The second kappa shape index (κ2) is 9.39. The fourth-order valence-corrected chi connectivity index (χ4v) is 4.60. The molecule has 1 N–H and O–H groups in total. The van der Waals surface area contributed by atoms with Crippen LogP contribution in [0.2, 0.25) is 0 Å². The zero-order valence-electron chi connectivity index (χ0n) is 16.8. The Labute approximate surface area is 183 Å². The number of nitrogens with zero attached hydrogens (tertiary/aromatic N) is 1. The Kier molecular flexibility index (Phi) is 6.42. The molecule has 160 valence electrons. The van der Waals surface area contributed by atoms with Crippen molar-refractivity contribution >= 4 is 28.8 Å². The van der Waals surface area contributed by atoms with E-state index in [-0.39, 0.29) is 17.6 Å². The molecular weight excluding hydrogens is 418 g/mol. The average Bonchev–Trinajstić information content (AvgIpc) is 3.46. The summed E-state index contributed by atoms with van der Waals surface area (Å²) in [5.74, 6) is -1.75. The van der Waals surface area contributed by atoms with Gasteiger partial charge in [-0.15, -0.1) is 11.3 Å². The molecule has 4 nitrogen and oxygen atoms in total. The van der Waals surface area contributed by atoms with Crippen LogP contribution >= 0.6 is 11.3 Å². The van der Waals surface area contributed by atoms with Crippen LogP contribution in [0.4, 0.5) is 14.5 Å². The Balaban J connectivity index is 1.80. The summed E-state index contributed by atoms with van der Waals surface area (Å²) in [6, 6.07) is 13.4. The van der Waals surface area contributed by atoms with Gasteiger partial charge < -0.3 is 5.32 Å².